The molecule has 1 aromatic carbocycles. The summed E-state index contributed by atoms with van der Waals surface area (Å²) in [5, 5.41) is 3.60. The van der Waals surface area contributed by atoms with Crippen LogP contribution in [-0.2, 0) is 0 Å². The van der Waals surface area contributed by atoms with Gasteiger partial charge in [0.05, 0.1) is 0 Å². The highest BCUT2D eigenvalue weighted by molar-refractivity contribution is 9.10. The Morgan fingerprint density at radius 3 is 2.75 bits per heavy atom. The van der Waals surface area contributed by atoms with Gasteiger partial charge in [0.2, 0.25) is 0 Å². The molecule has 1 fully saturated rings. The van der Waals surface area contributed by atoms with Crippen LogP contribution in [0.25, 0.3) is 0 Å². The molecular weight excluding hydrogens is 262 g/mol. The van der Waals surface area contributed by atoms with Crippen molar-refractivity contribution >= 4 is 15.9 Å². The number of nitrogens with one attached hydrogen (secondary N) is 1. The van der Waals surface area contributed by atoms with Gasteiger partial charge in [0.15, 0.2) is 0 Å². The van der Waals surface area contributed by atoms with E-state index >= 15 is 0 Å². The highest BCUT2D eigenvalue weighted by Gasteiger charge is 2.25. The summed E-state index contributed by atoms with van der Waals surface area (Å²) in [7, 11) is 0. The van der Waals surface area contributed by atoms with Crippen LogP contribution >= 0.6 is 15.9 Å². The average Bonchev–Trinajstić information content (AvgIpc) is 3.05. The van der Waals surface area contributed by atoms with Crippen LogP contribution in [0.3, 0.4) is 0 Å². The predicted octanol–water partition coefficient (Wildman–Crippen LogP) is 4.21. The lowest BCUT2D eigenvalue weighted by Gasteiger charge is -2.19. The molecule has 88 valence electrons. The van der Waals surface area contributed by atoms with Gasteiger partial charge in [-0.25, -0.2) is 0 Å². The van der Waals surface area contributed by atoms with Gasteiger partial charge in [0.25, 0.3) is 0 Å². The molecule has 0 aliphatic heterocycles. The molecule has 1 aliphatic rings. The van der Waals surface area contributed by atoms with Crippen molar-refractivity contribution in [1.82, 2.24) is 5.32 Å². The first-order valence-electron chi connectivity index (χ1n) is 6.20. The van der Waals surface area contributed by atoms with E-state index in [1.165, 1.54) is 34.9 Å². The van der Waals surface area contributed by atoms with Crippen LogP contribution in [0.15, 0.2) is 22.7 Å². The smallest absolute Gasteiger partial charge is 0.0322 e. The zero-order valence-corrected chi connectivity index (χ0v) is 11.7. The maximum Gasteiger partial charge on any atom is 0.0322 e. The number of hydrogen-bond donors (Lipinski definition) is 1. The molecule has 0 heterocycles. The molecule has 0 bridgehead atoms. The van der Waals surface area contributed by atoms with E-state index in [0.717, 1.165) is 12.5 Å². The summed E-state index contributed by atoms with van der Waals surface area (Å²) in [5.74, 6) is 0.966. The molecule has 1 N–H and O–H groups in total. The van der Waals surface area contributed by atoms with Gasteiger partial charge in [0, 0.05) is 10.5 Å². The minimum atomic E-state index is 0.546. The molecule has 1 nitrogen and oxygen atoms in total. The molecule has 1 aromatic rings. The molecule has 1 unspecified atom stereocenters. The lowest BCUT2D eigenvalue weighted by Crippen LogP contribution is -2.21. The third-order valence-electron chi connectivity index (χ3n) is 3.30. The number of benzene rings is 1. The van der Waals surface area contributed by atoms with Gasteiger partial charge in [-0.2, -0.15) is 0 Å². The second kappa shape index (κ2) is 5.33. The van der Waals surface area contributed by atoms with Crippen molar-refractivity contribution in [3.8, 4) is 0 Å². The molecule has 0 amide bonds. The van der Waals surface area contributed by atoms with E-state index in [4.69, 9.17) is 0 Å². The van der Waals surface area contributed by atoms with Crippen LogP contribution in [0.4, 0.5) is 0 Å². The molecule has 0 aromatic heterocycles. The molecule has 1 saturated carbocycles. The normalized spacial score (nSPS) is 17.4. The van der Waals surface area contributed by atoms with Gasteiger partial charge in [0.1, 0.15) is 0 Å². The van der Waals surface area contributed by atoms with Crippen molar-refractivity contribution < 1.29 is 0 Å². The van der Waals surface area contributed by atoms with Gasteiger partial charge in [-0.05, 0) is 43.0 Å². The monoisotopic (exact) mass is 281 g/mol. The van der Waals surface area contributed by atoms with Crippen LogP contribution in [0, 0.1) is 12.8 Å². The third-order valence-corrected chi connectivity index (χ3v) is 4.19. The fourth-order valence-electron chi connectivity index (χ4n) is 2.16. The Bertz CT molecular complexity index is 358. The van der Waals surface area contributed by atoms with Crippen LogP contribution in [0.5, 0.6) is 0 Å². The molecule has 1 aliphatic carbocycles. The molecular formula is C14H20BrN. The number of halogens is 1. The first-order chi connectivity index (χ1) is 7.70. The fourth-order valence-corrected chi connectivity index (χ4v) is 2.40. The van der Waals surface area contributed by atoms with Crippen molar-refractivity contribution in [2.45, 2.75) is 39.2 Å². The molecule has 0 spiro atoms. The minimum Gasteiger partial charge on any atom is -0.310 e. The molecule has 0 saturated heterocycles. The highest BCUT2D eigenvalue weighted by Crippen LogP contribution is 2.38. The zero-order chi connectivity index (χ0) is 11.5. The first-order valence-corrected chi connectivity index (χ1v) is 6.99. The second-order valence-electron chi connectivity index (χ2n) is 4.80. The van der Waals surface area contributed by atoms with Crippen LogP contribution in [0.1, 0.15) is 43.4 Å². The zero-order valence-electron chi connectivity index (χ0n) is 10.1. The number of hydrogen-bond acceptors (Lipinski definition) is 1. The highest BCUT2D eigenvalue weighted by atomic mass is 79.9. The topological polar surface area (TPSA) is 12.0 Å². The summed E-state index contributed by atoms with van der Waals surface area (Å²) in [6.45, 7) is 5.39. The average molecular weight is 282 g/mol. The molecule has 0 radical (unpaired) electrons. The summed E-state index contributed by atoms with van der Waals surface area (Å²) in [5.41, 5.74) is 2.77. The molecule has 2 rings (SSSR count). The van der Waals surface area contributed by atoms with Gasteiger partial charge < -0.3 is 5.32 Å². The number of aryl methyl sites for hydroxylation is 1. The summed E-state index contributed by atoms with van der Waals surface area (Å²) >= 11 is 3.56. The van der Waals surface area contributed by atoms with E-state index < -0.39 is 0 Å². The van der Waals surface area contributed by atoms with Gasteiger partial charge in [-0.15, -0.1) is 0 Å². The summed E-state index contributed by atoms with van der Waals surface area (Å²) in [6.07, 6.45) is 4.16. The van der Waals surface area contributed by atoms with E-state index in [9.17, 15) is 0 Å². The fraction of sp³-hybridized carbons (Fsp3) is 0.571. The van der Waals surface area contributed by atoms with E-state index in [1.54, 1.807) is 0 Å². The van der Waals surface area contributed by atoms with Crippen LogP contribution < -0.4 is 5.32 Å². The third kappa shape index (κ3) is 3.08. The Hall–Kier alpha value is -0.340. The largest absolute Gasteiger partial charge is 0.310 e. The molecule has 2 heteroatoms. The summed E-state index contributed by atoms with van der Waals surface area (Å²) in [6, 6.07) is 7.26. The maximum atomic E-state index is 3.60. The van der Waals surface area contributed by atoms with Crippen molar-refractivity contribution in [1.29, 1.82) is 0 Å². The predicted molar refractivity (Wildman–Crippen MR) is 72.6 cm³/mol. The van der Waals surface area contributed by atoms with Crippen LogP contribution in [-0.4, -0.2) is 6.54 Å². The van der Waals surface area contributed by atoms with Crippen molar-refractivity contribution in [2.24, 2.45) is 5.92 Å². The van der Waals surface area contributed by atoms with E-state index in [0.29, 0.717) is 6.04 Å². The SMILES string of the molecule is CCNC(CC1CC1)c1ccc(Br)c(C)c1. The van der Waals surface area contributed by atoms with Gasteiger partial charge in [-0.1, -0.05) is 47.8 Å². The lowest BCUT2D eigenvalue weighted by molar-refractivity contribution is 0.486. The standard InChI is InChI=1S/C14H20BrN/c1-3-16-14(9-11-4-5-11)12-6-7-13(15)10(2)8-12/h6-8,11,14,16H,3-5,9H2,1-2H3. The van der Waals surface area contributed by atoms with E-state index in [1.807, 2.05) is 0 Å². The van der Waals surface area contributed by atoms with Gasteiger partial charge >= 0.3 is 0 Å². The number of rotatable bonds is 5. The van der Waals surface area contributed by atoms with Gasteiger partial charge in [-0.3, -0.25) is 0 Å². The minimum absolute atomic E-state index is 0.546. The molecule has 16 heavy (non-hydrogen) atoms. The summed E-state index contributed by atoms with van der Waals surface area (Å²) in [4.78, 5) is 0. The lowest BCUT2D eigenvalue weighted by atomic mass is 9.99. The second-order valence-corrected chi connectivity index (χ2v) is 5.65. The Morgan fingerprint density at radius 1 is 1.44 bits per heavy atom. The Kier molecular flexibility index (Phi) is 4.04. The Balaban J connectivity index is 2.12. The summed E-state index contributed by atoms with van der Waals surface area (Å²) < 4.78 is 1.21. The first kappa shape index (κ1) is 12.1. The molecule has 1 atom stereocenters. The quantitative estimate of drug-likeness (QED) is 0.853. The van der Waals surface area contributed by atoms with E-state index in [2.05, 4.69) is 53.3 Å². The van der Waals surface area contributed by atoms with E-state index in [-0.39, 0.29) is 0 Å². The Labute approximate surface area is 107 Å². The van der Waals surface area contributed by atoms with Crippen molar-refractivity contribution in [3.05, 3.63) is 33.8 Å². The van der Waals surface area contributed by atoms with Crippen molar-refractivity contribution in [2.75, 3.05) is 6.54 Å². The van der Waals surface area contributed by atoms with Crippen molar-refractivity contribution in [3.63, 3.8) is 0 Å². The van der Waals surface area contributed by atoms with Crippen LogP contribution in [0.2, 0.25) is 0 Å². The maximum absolute atomic E-state index is 3.60. The Morgan fingerprint density at radius 2 is 2.19 bits per heavy atom.